The van der Waals surface area contributed by atoms with Gasteiger partial charge < -0.3 is 24.0 Å². The average molecular weight is 576 g/mol. The molecule has 9 nitrogen and oxygen atoms in total. The van der Waals surface area contributed by atoms with E-state index in [1.54, 1.807) is 17.0 Å². The quantitative estimate of drug-likeness (QED) is 0.414. The number of piperazine rings is 1. The summed E-state index contributed by atoms with van der Waals surface area (Å²) in [5.41, 5.74) is 0.867. The summed E-state index contributed by atoms with van der Waals surface area (Å²) < 4.78 is 35.9. The highest BCUT2D eigenvalue weighted by atomic mass is 35.5. The van der Waals surface area contributed by atoms with Crippen LogP contribution in [0, 0.1) is 11.6 Å². The number of amides is 2. The summed E-state index contributed by atoms with van der Waals surface area (Å²) in [4.78, 5) is 34.3. The van der Waals surface area contributed by atoms with Crippen molar-refractivity contribution in [2.75, 3.05) is 72.8 Å². The Labute approximate surface area is 237 Å². The maximum atomic E-state index is 14.6. The lowest BCUT2D eigenvalue weighted by atomic mass is 10.1. The third-order valence-electron chi connectivity index (χ3n) is 6.94. The van der Waals surface area contributed by atoms with Gasteiger partial charge in [0.15, 0.2) is 17.4 Å². The van der Waals surface area contributed by atoms with Crippen LogP contribution < -0.4 is 10.1 Å². The number of imidazole rings is 1. The van der Waals surface area contributed by atoms with E-state index in [2.05, 4.69) is 36.3 Å². The van der Waals surface area contributed by atoms with E-state index in [4.69, 9.17) is 16.3 Å². The molecule has 1 fully saturated rings. The molecule has 2 aromatic carbocycles. The molecule has 1 aromatic heterocycles. The van der Waals surface area contributed by atoms with E-state index in [0.29, 0.717) is 24.3 Å². The van der Waals surface area contributed by atoms with Crippen LogP contribution in [0.15, 0.2) is 36.5 Å². The fraction of sp³-hybridized carbons (Fsp3) is 0.393. The standard InChI is InChI=1S/C28H33ClF2N6O3/c1-34-22(20-8-9-23(40-5)25(31)24(20)30)17-32-26(34)27(38)33-18-6-7-19(21(29)16-18)28(39)36-12-10-35(11-13-36)14-15-37(2,3)4/h6-9,16-17H,10-15H2,1-5H3/p+1. The van der Waals surface area contributed by atoms with Crippen LogP contribution in [0.1, 0.15) is 21.0 Å². The molecule has 12 heteroatoms. The molecule has 1 N–H and O–H groups in total. The number of anilines is 1. The fourth-order valence-corrected chi connectivity index (χ4v) is 4.76. The number of methoxy groups -OCH3 is 1. The Morgan fingerprint density at radius 3 is 2.40 bits per heavy atom. The molecule has 3 aromatic rings. The van der Waals surface area contributed by atoms with Gasteiger partial charge in [0.1, 0.15) is 0 Å². The second kappa shape index (κ2) is 11.9. The van der Waals surface area contributed by atoms with Gasteiger partial charge in [-0.05, 0) is 30.3 Å². The highest BCUT2D eigenvalue weighted by molar-refractivity contribution is 6.34. The van der Waals surface area contributed by atoms with E-state index >= 15 is 0 Å². The topological polar surface area (TPSA) is 79.7 Å². The molecule has 214 valence electrons. The average Bonchev–Trinajstić information content (AvgIpc) is 3.29. The van der Waals surface area contributed by atoms with Gasteiger partial charge in [-0.1, -0.05) is 11.6 Å². The Morgan fingerprint density at radius 2 is 1.77 bits per heavy atom. The number of likely N-dealkylation sites (N-methyl/N-ethyl adjacent to an activating group) is 1. The predicted molar refractivity (Wildman–Crippen MR) is 150 cm³/mol. The molecule has 0 spiro atoms. The predicted octanol–water partition coefficient (Wildman–Crippen LogP) is 3.74. The van der Waals surface area contributed by atoms with Gasteiger partial charge >= 0.3 is 0 Å². The Bertz CT molecular complexity index is 1410. The minimum Gasteiger partial charge on any atom is -0.494 e. The molecular formula is C28H34ClF2N6O3+. The smallest absolute Gasteiger partial charge is 0.291 e. The van der Waals surface area contributed by atoms with Gasteiger partial charge in [-0.2, -0.15) is 4.39 Å². The number of quaternary nitrogens is 1. The summed E-state index contributed by atoms with van der Waals surface area (Å²) >= 11 is 6.45. The zero-order chi connectivity index (χ0) is 29.2. The summed E-state index contributed by atoms with van der Waals surface area (Å²) in [6, 6.07) is 7.35. The molecule has 4 rings (SSSR count). The van der Waals surface area contributed by atoms with Crippen molar-refractivity contribution in [3.63, 3.8) is 0 Å². The van der Waals surface area contributed by atoms with Crippen molar-refractivity contribution in [2.24, 2.45) is 7.05 Å². The lowest BCUT2D eigenvalue weighted by molar-refractivity contribution is -0.869. The molecule has 40 heavy (non-hydrogen) atoms. The number of rotatable bonds is 8. The van der Waals surface area contributed by atoms with Crippen LogP contribution >= 0.6 is 11.6 Å². The Morgan fingerprint density at radius 1 is 1.07 bits per heavy atom. The first kappa shape index (κ1) is 29.4. The molecule has 1 saturated heterocycles. The Balaban J connectivity index is 1.41. The van der Waals surface area contributed by atoms with Crippen LogP contribution in [0.25, 0.3) is 11.3 Å². The summed E-state index contributed by atoms with van der Waals surface area (Å²) in [5.74, 6) is -3.21. The number of hydrogen-bond donors (Lipinski definition) is 1. The van der Waals surface area contributed by atoms with Gasteiger partial charge in [-0.25, -0.2) is 9.37 Å². The second-order valence-electron chi connectivity index (χ2n) is 10.8. The van der Waals surface area contributed by atoms with Crippen molar-refractivity contribution in [1.82, 2.24) is 19.4 Å². The maximum absolute atomic E-state index is 14.6. The largest absolute Gasteiger partial charge is 0.494 e. The number of carbonyl (C=O) groups excluding carboxylic acids is 2. The minimum absolute atomic E-state index is 0.0231. The normalized spacial score (nSPS) is 14.3. The van der Waals surface area contributed by atoms with Crippen LogP contribution in [-0.2, 0) is 7.05 Å². The van der Waals surface area contributed by atoms with E-state index in [0.717, 1.165) is 30.7 Å². The van der Waals surface area contributed by atoms with Gasteiger partial charge in [0.25, 0.3) is 11.8 Å². The molecular weight excluding hydrogens is 542 g/mol. The maximum Gasteiger partial charge on any atom is 0.291 e. The van der Waals surface area contributed by atoms with Crippen LogP contribution in [0.2, 0.25) is 5.02 Å². The zero-order valence-electron chi connectivity index (χ0n) is 23.3. The Hall–Kier alpha value is -3.54. The number of ether oxygens (including phenoxy) is 1. The van der Waals surface area contributed by atoms with Crippen LogP contribution in [0.3, 0.4) is 0 Å². The van der Waals surface area contributed by atoms with Crippen molar-refractivity contribution in [3.05, 3.63) is 64.6 Å². The van der Waals surface area contributed by atoms with Gasteiger partial charge in [-0.3, -0.25) is 14.5 Å². The number of benzene rings is 2. The van der Waals surface area contributed by atoms with Gasteiger partial charge in [0.05, 0.1) is 57.3 Å². The third kappa shape index (κ3) is 6.43. The van der Waals surface area contributed by atoms with Crippen molar-refractivity contribution >= 4 is 29.1 Å². The first-order chi connectivity index (χ1) is 18.9. The number of nitrogens with zero attached hydrogens (tertiary/aromatic N) is 5. The molecule has 2 heterocycles. The highest BCUT2D eigenvalue weighted by Crippen LogP contribution is 2.30. The van der Waals surface area contributed by atoms with Crippen LogP contribution in [0.4, 0.5) is 14.5 Å². The van der Waals surface area contributed by atoms with Crippen molar-refractivity contribution in [3.8, 4) is 17.0 Å². The first-order valence-electron chi connectivity index (χ1n) is 12.9. The zero-order valence-corrected chi connectivity index (χ0v) is 24.1. The first-order valence-corrected chi connectivity index (χ1v) is 13.2. The van der Waals surface area contributed by atoms with Gasteiger partial charge in [-0.15, -0.1) is 0 Å². The van der Waals surface area contributed by atoms with Crippen LogP contribution in [-0.4, -0.2) is 103 Å². The van der Waals surface area contributed by atoms with E-state index in [9.17, 15) is 18.4 Å². The number of carbonyl (C=O) groups is 2. The lowest BCUT2D eigenvalue weighted by Gasteiger charge is -2.36. The van der Waals surface area contributed by atoms with Crippen molar-refractivity contribution in [1.29, 1.82) is 0 Å². The number of nitrogens with one attached hydrogen (secondary N) is 1. The molecule has 0 unspecified atom stereocenters. The lowest BCUT2D eigenvalue weighted by Crippen LogP contribution is -2.51. The van der Waals surface area contributed by atoms with E-state index < -0.39 is 17.5 Å². The van der Waals surface area contributed by atoms with Gasteiger partial charge in [0.2, 0.25) is 5.82 Å². The third-order valence-corrected chi connectivity index (χ3v) is 7.25. The monoisotopic (exact) mass is 575 g/mol. The number of halogens is 3. The van der Waals surface area contributed by atoms with Crippen molar-refractivity contribution < 1.29 is 27.6 Å². The summed E-state index contributed by atoms with van der Waals surface area (Å²) in [6.45, 7) is 4.84. The van der Waals surface area contributed by atoms with E-state index in [-0.39, 0.29) is 33.8 Å². The molecule has 1 aliphatic rings. The summed E-state index contributed by atoms with van der Waals surface area (Å²) in [7, 11) is 9.25. The van der Waals surface area contributed by atoms with E-state index in [1.807, 2.05) is 0 Å². The highest BCUT2D eigenvalue weighted by Gasteiger charge is 2.25. The fourth-order valence-electron chi connectivity index (χ4n) is 4.50. The Kier molecular flexibility index (Phi) is 8.77. The molecule has 2 amide bonds. The SMILES string of the molecule is COc1ccc(-c2cnc(C(=O)Nc3ccc(C(=O)N4CCN(CC[N+](C)(C)C)CC4)c(Cl)c3)n2C)c(F)c1F. The second-order valence-corrected chi connectivity index (χ2v) is 11.2. The summed E-state index contributed by atoms with van der Waals surface area (Å²) in [6.07, 6.45) is 1.29. The van der Waals surface area contributed by atoms with Crippen LogP contribution in [0.5, 0.6) is 5.75 Å². The van der Waals surface area contributed by atoms with Gasteiger partial charge in [0, 0.05) is 51.0 Å². The summed E-state index contributed by atoms with van der Waals surface area (Å²) in [5, 5.41) is 2.91. The molecule has 1 aliphatic heterocycles. The number of aromatic nitrogens is 2. The molecule has 0 radical (unpaired) electrons. The van der Waals surface area contributed by atoms with E-state index in [1.165, 1.54) is 43.1 Å². The molecule has 0 aliphatic carbocycles. The molecule has 0 atom stereocenters. The molecule has 0 bridgehead atoms. The van der Waals surface area contributed by atoms with Crippen molar-refractivity contribution in [2.45, 2.75) is 0 Å². The number of hydrogen-bond acceptors (Lipinski definition) is 5. The minimum atomic E-state index is -1.13. The molecule has 0 saturated carbocycles.